The number of fused-ring (bicyclic) bond motifs is 1. The van der Waals surface area contributed by atoms with Crippen molar-refractivity contribution in [3.63, 3.8) is 0 Å². The molecule has 1 fully saturated rings. The van der Waals surface area contributed by atoms with Gasteiger partial charge in [0.1, 0.15) is 5.69 Å². The van der Waals surface area contributed by atoms with Crippen LogP contribution < -0.4 is 0 Å². The van der Waals surface area contributed by atoms with Crippen molar-refractivity contribution in [1.82, 2.24) is 24.3 Å². The SMILES string of the molecule is CN(CCc1ccncc1)C(=O)c1nc(C(=O)N2CCCCC2)n2c1CCCC2. The van der Waals surface area contributed by atoms with Crippen molar-refractivity contribution in [2.45, 2.75) is 51.5 Å². The molecule has 7 nitrogen and oxygen atoms in total. The van der Waals surface area contributed by atoms with Gasteiger partial charge in [-0.25, -0.2) is 4.98 Å². The van der Waals surface area contributed by atoms with E-state index in [0.29, 0.717) is 18.1 Å². The Morgan fingerprint density at radius 1 is 1.03 bits per heavy atom. The molecule has 0 spiro atoms. The van der Waals surface area contributed by atoms with Crippen LogP contribution in [0.2, 0.25) is 0 Å². The van der Waals surface area contributed by atoms with Crippen LogP contribution in [0, 0.1) is 0 Å². The van der Waals surface area contributed by atoms with Crippen molar-refractivity contribution in [3.8, 4) is 0 Å². The third-order valence-corrected chi connectivity index (χ3v) is 5.99. The molecule has 2 aromatic heterocycles. The van der Waals surface area contributed by atoms with E-state index in [2.05, 4.69) is 9.97 Å². The van der Waals surface area contributed by atoms with E-state index in [1.54, 1.807) is 17.3 Å². The van der Waals surface area contributed by atoms with Gasteiger partial charge in [-0.05, 0) is 62.6 Å². The first kappa shape index (κ1) is 19.6. The lowest BCUT2D eigenvalue weighted by Gasteiger charge is -2.27. The molecular formula is C22H29N5O2. The molecule has 0 radical (unpaired) electrons. The second kappa shape index (κ2) is 8.76. The number of rotatable bonds is 5. The van der Waals surface area contributed by atoms with E-state index in [1.807, 2.05) is 28.6 Å². The quantitative estimate of drug-likeness (QED) is 0.780. The van der Waals surface area contributed by atoms with Crippen LogP contribution in [0.4, 0.5) is 0 Å². The Kier molecular flexibility index (Phi) is 5.92. The molecule has 0 aliphatic carbocycles. The number of amides is 2. The molecule has 2 aliphatic rings. The zero-order valence-corrected chi connectivity index (χ0v) is 17.1. The molecule has 0 bridgehead atoms. The summed E-state index contributed by atoms with van der Waals surface area (Å²) in [6.45, 7) is 2.95. The highest BCUT2D eigenvalue weighted by Crippen LogP contribution is 2.24. The van der Waals surface area contributed by atoms with Crippen molar-refractivity contribution in [1.29, 1.82) is 0 Å². The van der Waals surface area contributed by atoms with Crippen molar-refractivity contribution in [2.24, 2.45) is 0 Å². The molecule has 4 rings (SSSR count). The maximum Gasteiger partial charge on any atom is 0.289 e. The van der Waals surface area contributed by atoms with Crippen LogP contribution in [-0.4, -0.2) is 62.8 Å². The first-order valence-electron chi connectivity index (χ1n) is 10.7. The van der Waals surface area contributed by atoms with Gasteiger partial charge in [-0.1, -0.05) is 0 Å². The molecular weight excluding hydrogens is 366 g/mol. The lowest BCUT2D eigenvalue weighted by atomic mass is 10.1. The van der Waals surface area contributed by atoms with Gasteiger partial charge in [-0.15, -0.1) is 0 Å². The van der Waals surface area contributed by atoms with E-state index >= 15 is 0 Å². The molecule has 29 heavy (non-hydrogen) atoms. The fraction of sp³-hybridized carbons (Fsp3) is 0.545. The van der Waals surface area contributed by atoms with Crippen LogP contribution in [0.25, 0.3) is 0 Å². The van der Waals surface area contributed by atoms with Crippen molar-refractivity contribution in [3.05, 3.63) is 47.3 Å². The summed E-state index contributed by atoms with van der Waals surface area (Å²) in [6.07, 6.45) is 10.4. The van der Waals surface area contributed by atoms with Gasteiger partial charge in [0.05, 0.1) is 5.69 Å². The smallest absolute Gasteiger partial charge is 0.289 e. The number of piperidine rings is 1. The normalized spacial score (nSPS) is 16.4. The zero-order valence-electron chi connectivity index (χ0n) is 17.1. The number of hydrogen-bond acceptors (Lipinski definition) is 4. The molecule has 0 aromatic carbocycles. The molecule has 2 aliphatic heterocycles. The predicted molar refractivity (Wildman–Crippen MR) is 110 cm³/mol. The Morgan fingerprint density at radius 2 is 1.76 bits per heavy atom. The molecule has 0 atom stereocenters. The second-order valence-corrected chi connectivity index (χ2v) is 8.02. The summed E-state index contributed by atoms with van der Waals surface area (Å²) < 4.78 is 2.00. The molecule has 0 N–H and O–H groups in total. The summed E-state index contributed by atoms with van der Waals surface area (Å²) in [7, 11) is 1.81. The van der Waals surface area contributed by atoms with Crippen LogP contribution >= 0.6 is 0 Å². The first-order valence-corrected chi connectivity index (χ1v) is 10.7. The zero-order chi connectivity index (χ0) is 20.2. The highest BCUT2D eigenvalue weighted by Gasteiger charge is 2.31. The fourth-order valence-electron chi connectivity index (χ4n) is 4.24. The Bertz CT molecular complexity index is 871. The number of imidazole rings is 1. The van der Waals surface area contributed by atoms with Crippen LogP contribution in [0.1, 0.15) is 64.5 Å². The maximum atomic E-state index is 13.2. The predicted octanol–water partition coefficient (Wildman–Crippen LogP) is 2.56. The van der Waals surface area contributed by atoms with E-state index in [4.69, 9.17) is 0 Å². The molecule has 0 saturated carbocycles. The van der Waals surface area contributed by atoms with Gasteiger partial charge in [0.15, 0.2) is 5.82 Å². The van der Waals surface area contributed by atoms with E-state index in [1.165, 1.54) is 6.42 Å². The average Bonchev–Trinajstić information content (AvgIpc) is 3.17. The van der Waals surface area contributed by atoms with Crippen molar-refractivity contribution >= 4 is 11.8 Å². The van der Waals surface area contributed by atoms with Gasteiger partial charge in [0, 0.05) is 45.6 Å². The molecule has 154 valence electrons. The van der Waals surface area contributed by atoms with Gasteiger partial charge < -0.3 is 14.4 Å². The molecule has 0 unspecified atom stereocenters. The molecule has 2 aromatic rings. The summed E-state index contributed by atoms with van der Waals surface area (Å²) in [6, 6.07) is 3.93. The standard InChI is InChI=1S/C22H29N5O2/c1-25(16-10-17-8-11-23-12-9-17)21(28)19-18-7-3-6-15-27(18)20(24-19)22(29)26-13-4-2-5-14-26/h8-9,11-12H,2-7,10,13-16H2,1H3. The number of likely N-dealkylation sites (N-methyl/N-ethyl adjacent to an activating group) is 1. The molecule has 7 heteroatoms. The average molecular weight is 396 g/mol. The minimum atomic E-state index is -0.0950. The van der Waals surface area contributed by atoms with Crippen LogP contribution in [0.15, 0.2) is 24.5 Å². The van der Waals surface area contributed by atoms with Crippen LogP contribution in [0.3, 0.4) is 0 Å². The Labute approximate surface area is 171 Å². The monoisotopic (exact) mass is 395 g/mol. The number of aromatic nitrogens is 3. The molecule has 4 heterocycles. The van der Waals surface area contributed by atoms with Gasteiger partial charge >= 0.3 is 0 Å². The Morgan fingerprint density at radius 3 is 2.52 bits per heavy atom. The summed E-state index contributed by atoms with van der Waals surface area (Å²) in [5.74, 6) is 0.334. The van der Waals surface area contributed by atoms with Crippen molar-refractivity contribution < 1.29 is 9.59 Å². The largest absolute Gasteiger partial charge is 0.340 e. The van der Waals surface area contributed by atoms with Crippen LogP contribution in [0.5, 0.6) is 0 Å². The van der Waals surface area contributed by atoms with E-state index < -0.39 is 0 Å². The number of pyridine rings is 1. The summed E-state index contributed by atoms with van der Waals surface area (Å²) >= 11 is 0. The minimum Gasteiger partial charge on any atom is -0.340 e. The maximum absolute atomic E-state index is 13.2. The lowest BCUT2D eigenvalue weighted by Crippen LogP contribution is -2.37. The summed E-state index contributed by atoms with van der Waals surface area (Å²) in [4.78, 5) is 38.5. The highest BCUT2D eigenvalue weighted by molar-refractivity contribution is 5.97. The first-order chi connectivity index (χ1) is 14.1. The van der Waals surface area contributed by atoms with E-state index in [-0.39, 0.29) is 11.8 Å². The number of nitrogens with zero attached hydrogens (tertiary/aromatic N) is 5. The van der Waals surface area contributed by atoms with Crippen molar-refractivity contribution in [2.75, 3.05) is 26.7 Å². The third kappa shape index (κ3) is 4.18. The third-order valence-electron chi connectivity index (χ3n) is 5.99. The lowest BCUT2D eigenvalue weighted by molar-refractivity contribution is 0.0705. The summed E-state index contributed by atoms with van der Waals surface area (Å²) in [5, 5.41) is 0. The minimum absolute atomic E-state index is 0.0219. The molecule has 1 saturated heterocycles. The summed E-state index contributed by atoms with van der Waals surface area (Å²) in [5.41, 5.74) is 2.53. The Balaban J connectivity index is 1.54. The number of carbonyl (C=O) groups excluding carboxylic acids is 2. The van der Waals surface area contributed by atoms with Gasteiger partial charge in [-0.3, -0.25) is 14.6 Å². The van der Waals surface area contributed by atoms with Gasteiger partial charge in [-0.2, -0.15) is 0 Å². The number of hydrogen-bond donors (Lipinski definition) is 0. The Hall–Kier alpha value is -2.70. The number of likely N-dealkylation sites (tertiary alicyclic amines) is 1. The van der Waals surface area contributed by atoms with E-state index in [0.717, 1.165) is 69.4 Å². The number of carbonyl (C=O) groups is 2. The molecule has 2 amide bonds. The highest BCUT2D eigenvalue weighted by atomic mass is 16.2. The van der Waals surface area contributed by atoms with Crippen LogP contribution in [-0.2, 0) is 19.4 Å². The fourth-order valence-corrected chi connectivity index (χ4v) is 4.24. The van der Waals surface area contributed by atoms with Gasteiger partial charge in [0.2, 0.25) is 0 Å². The second-order valence-electron chi connectivity index (χ2n) is 8.02. The van der Waals surface area contributed by atoms with E-state index in [9.17, 15) is 9.59 Å². The topological polar surface area (TPSA) is 71.3 Å². The van der Waals surface area contributed by atoms with Gasteiger partial charge in [0.25, 0.3) is 11.8 Å².